The van der Waals surface area contributed by atoms with Gasteiger partial charge in [0.1, 0.15) is 11.7 Å². The van der Waals surface area contributed by atoms with Crippen molar-refractivity contribution in [1.82, 2.24) is 4.98 Å². The Bertz CT molecular complexity index is 863. The summed E-state index contributed by atoms with van der Waals surface area (Å²) in [5.41, 5.74) is 0.892. The number of aromatic nitrogens is 1. The summed E-state index contributed by atoms with van der Waals surface area (Å²) in [5.74, 6) is 0.263. The molecule has 1 aromatic heterocycles. The zero-order valence-corrected chi connectivity index (χ0v) is 16.7. The van der Waals surface area contributed by atoms with Crippen LogP contribution in [0.25, 0.3) is 10.8 Å². The molecule has 2 atom stereocenters. The minimum absolute atomic E-state index is 0.0169. The molecular formula is C22H27NO5. The largest absolute Gasteiger partial charge is 0.490 e. The van der Waals surface area contributed by atoms with Gasteiger partial charge in [0.05, 0.1) is 25.5 Å². The molecule has 1 aromatic carbocycles. The molecule has 0 N–H and O–H groups in total. The summed E-state index contributed by atoms with van der Waals surface area (Å²) < 4.78 is 16.7. The molecular weight excluding hydrogens is 358 g/mol. The summed E-state index contributed by atoms with van der Waals surface area (Å²) in [7, 11) is 0. The maximum atomic E-state index is 12.2. The van der Waals surface area contributed by atoms with Gasteiger partial charge in [0.15, 0.2) is 11.5 Å². The number of Topliss-reactive ketones (excluding diaryl/α,β-unsaturated/α-hetero) is 1. The monoisotopic (exact) mass is 385 g/mol. The van der Waals surface area contributed by atoms with E-state index in [0.29, 0.717) is 44.0 Å². The molecule has 3 rings (SSSR count). The molecule has 0 saturated heterocycles. The van der Waals surface area contributed by atoms with Gasteiger partial charge in [-0.2, -0.15) is 0 Å². The molecule has 0 amide bonds. The predicted molar refractivity (Wildman–Crippen MR) is 106 cm³/mol. The van der Waals surface area contributed by atoms with Crippen LogP contribution in [0.2, 0.25) is 0 Å². The molecule has 1 saturated carbocycles. The van der Waals surface area contributed by atoms with Gasteiger partial charge in [-0.15, -0.1) is 0 Å². The SMILES string of the molecule is CCOC(=O)C1CC(c2nccc3c(OCC)c(OCC)ccc23)CCC1=O. The van der Waals surface area contributed by atoms with E-state index >= 15 is 0 Å². The van der Waals surface area contributed by atoms with Crippen molar-refractivity contribution in [2.45, 2.75) is 46.0 Å². The fraction of sp³-hybridized carbons (Fsp3) is 0.500. The highest BCUT2D eigenvalue weighted by atomic mass is 16.5. The van der Waals surface area contributed by atoms with Crippen molar-refractivity contribution in [3.05, 3.63) is 30.1 Å². The van der Waals surface area contributed by atoms with Crippen molar-refractivity contribution in [1.29, 1.82) is 0 Å². The zero-order chi connectivity index (χ0) is 20.1. The first kappa shape index (κ1) is 20.1. The van der Waals surface area contributed by atoms with E-state index in [1.807, 2.05) is 32.0 Å². The molecule has 150 valence electrons. The highest BCUT2D eigenvalue weighted by Crippen LogP contribution is 2.41. The molecule has 1 aliphatic carbocycles. The topological polar surface area (TPSA) is 74.7 Å². The Kier molecular flexibility index (Phi) is 6.49. The van der Waals surface area contributed by atoms with Crippen molar-refractivity contribution >= 4 is 22.5 Å². The fourth-order valence-corrected chi connectivity index (χ4v) is 3.86. The number of benzene rings is 1. The molecule has 2 aromatic rings. The molecule has 2 unspecified atom stereocenters. The minimum Gasteiger partial charge on any atom is -0.490 e. The van der Waals surface area contributed by atoms with Crippen LogP contribution >= 0.6 is 0 Å². The Morgan fingerprint density at radius 2 is 1.86 bits per heavy atom. The van der Waals surface area contributed by atoms with Gasteiger partial charge >= 0.3 is 5.97 Å². The third-order valence-electron chi connectivity index (χ3n) is 5.09. The van der Waals surface area contributed by atoms with Crippen LogP contribution < -0.4 is 9.47 Å². The number of carbonyl (C=O) groups excluding carboxylic acids is 2. The molecule has 0 aliphatic heterocycles. The highest BCUT2D eigenvalue weighted by molar-refractivity contribution is 6.00. The lowest BCUT2D eigenvalue weighted by atomic mass is 9.78. The lowest BCUT2D eigenvalue weighted by molar-refractivity contribution is -0.153. The van der Waals surface area contributed by atoms with Crippen LogP contribution in [0.1, 0.15) is 51.6 Å². The van der Waals surface area contributed by atoms with Gasteiger partial charge in [0.25, 0.3) is 0 Å². The van der Waals surface area contributed by atoms with E-state index in [-0.39, 0.29) is 18.3 Å². The number of esters is 1. The van der Waals surface area contributed by atoms with Gasteiger partial charge in [-0.05, 0) is 51.8 Å². The van der Waals surface area contributed by atoms with Crippen LogP contribution in [-0.2, 0) is 14.3 Å². The fourth-order valence-electron chi connectivity index (χ4n) is 3.86. The molecule has 6 nitrogen and oxygen atoms in total. The van der Waals surface area contributed by atoms with Crippen LogP contribution in [0, 0.1) is 5.92 Å². The maximum absolute atomic E-state index is 12.2. The Hall–Kier alpha value is -2.63. The Morgan fingerprint density at radius 1 is 1.07 bits per heavy atom. The van der Waals surface area contributed by atoms with E-state index in [9.17, 15) is 9.59 Å². The standard InChI is InChI=1S/C22H27NO5/c1-4-26-19-10-8-15-16(21(19)27-5-2)11-12-23-20(15)14-7-9-18(24)17(13-14)22(25)28-6-3/h8,10-12,14,17H,4-7,9,13H2,1-3H3. The molecule has 1 fully saturated rings. The molecule has 6 heteroatoms. The maximum Gasteiger partial charge on any atom is 0.316 e. The number of ketones is 1. The van der Waals surface area contributed by atoms with Crippen LogP contribution in [0.5, 0.6) is 11.5 Å². The number of hydrogen-bond donors (Lipinski definition) is 0. The second kappa shape index (κ2) is 9.04. The summed E-state index contributed by atoms with van der Waals surface area (Å²) in [6, 6.07) is 5.81. The van der Waals surface area contributed by atoms with E-state index in [0.717, 1.165) is 16.5 Å². The van der Waals surface area contributed by atoms with Crippen molar-refractivity contribution in [2.75, 3.05) is 19.8 Å². The number of pyridine rings is 1. The minimum atomic E-state index is -0.704. The van der Waals surface area contributed by atoms with Gasteiger partial charge in [-0.25, -0.2) is 0 Å². The number of hydrogen-bond acceptors (Lipinski definition) is 6. The van der Waals surface area contributed by atoms with E-state index in [2.05, 4.69) is 4.98 Å². The van der Waals surface area contributed by atoms with Crippen LogP contribution in [0.15, 0.2) is 24.4 Å². The Labute approximate surface area is 165 Å². The summed E-state index contributed by atoms with van der Waals surface area (Å²) in [5, 5.41) is 1.90. The third kappa shape index (κ3) is 3.96. The molecule has 0 bridgehead atoms. The average molecular weight is 385 g/mol. The lowest BCUT2D eigenvalue weighted by Gasteiger charge is -2.27. The molecule has 0 spiro atoms. The van der Waals surface area contributed by atoms with E-state index in [4.69, 9.17) is 14.2 Å². The van der Waals surface area contributed by atoms with Crippen molar-refractivity contribution < 1.29 is 23.8 Å². The summed E-state index contributed by atoms with van der Waals surface area (Å²) in [4.78, 5) is 29.1. The Balaban J connectivity index is 2.00. The van der Waals surface area contributed by atoms with E-state index in [1.54, 1.807) is 13.1 Å². The predicted octanol–water partition coefficient (Wildman–Crippen LogP) is 4.05. The Morgan fingerprint density at radius 3 is 2.57 bits per heavy atom. The zero-order valence-electron chi connectivity index (χ0n) is 16.7. The number of ether oxygens (including phenoxy) is 3. The molecule has 1 aliphatic rings. The van der Waals surface area contributed by atoms with Crippen LogP contribution in [0.4, 0.5) is 0 Å². The molecule has 0 radical (unpaired) electrons. The van der Waals surface area contributed by atoms with Crippen LogP contribution in [0.3, 0.4) is 0 Å². The average Bonchev–Trinajstić information content (AvgIpc) is 2.70. The van der Waals surface area contributed by atoms with Crippen LogP contribution in [-0.4, -0.2) is 36.6 Å². The number of carbonyl (C=O) groups is 2. The van der Waals surface area contributed by atoms with Crippen molar-refractivity contribution in [3.63, 3.8) is 0 Å². The smallest absolute Gasteiger partial charge is 0.316 e. The normalized spacial score (nSPS) is 19.5. The first-order chi connectivity index (χ1) is 13.6. The van der Waals surface area contributed by atoms with Gasteiger partial charge in [0, 0.05) is 29.3 Å². The van der Waals surface area contributed by atoms with Gasteiger partial charge < -0.3 is 14.2 Å². The summed E-state index contributed by atoms with van der Waals surface area (Å²) >= 11 is 0. The lowest BCUT2D eigenvalue weighted by Crippen LogP contribution is -2.32. The highest BCUT2D eigenvalue weighted by Gasteiger charge is 2.36. The number of nitrogens with zero attached hydrogens (tertiary/aromatic N) is 1. The number of fused-ring (bicyclic) bond motifs is 1. The van der Waals surface area contributed by atoms with E-state index < -0.39 is 11.9 Å². The van der Waals surface area contributed by atoms with Crippen molar-refractivity contribution in [3.8, 4) is 11.5 Å². The van der Waals surface area contributed by atoms with Crippen molar-refractivity contribution in [2.24, 2.45) is 5.92 Å². The third-order valence-corrected chi connectivity index (χ3v) is 5.09. The van der Waals surface area contributed by atoms with Gasteiger partial charge in [-0.3, -0.25) is 14.6 Å². The van der Waals surface area contributed by atoms with E-state index in [1.165, 1.54) is 0 Å². The summed E-state index contributed by atoms with van der Waals surface area (Å²) in [6.45, 7) is 6.98. The second-order valence-corrected chi connectivity index (χ2v) is 6.79. The first-order valence-electron chi connectivity index (χ1n) is 9.97. The first-order valence-corrected chi connectivity index (χ1v) is 9.97. The van der Waals surface area contributed by atoms with Gasteiger partial charge in [0.2, 0.25) is 0 Å². The quantitative estimate of drug-likeness (QED) is 0.529. The second-order valence-electron chi connectivity index (χ2n) is 6.79. The van der Waals surface area contributed by atoms with Gasteiger partial charge in [-0.1, -0.05) is 0 Å². The number of rotatable bonds is 7. The molecule has 1 heterocycles. The molecule has 28 heavy (non-hydrogen) atoms. The summed E-state index contributed by atoms with van der Waals surface area (Å²) in [6.07, 6.45) is 3.23.